The van der Waals surface area contributed by atoms with Crippen molar-refractivity contribution in [2.75, 3.05) is 17.7 Å². The van der Waals surface area contributed by atoms with E-state index in [9.17, 15) is 4.79 Å². The Bertz CT molecular complexity index is 598. The average Bonchev–Trinajstić information content (AvgIpc) is 2.47. The first kappa shape index (κ1) is 13.9. The van der Waals surface area contributed by atoms with E-state index in [1.54, 1.807) is 37.6 Å². The van der Waals surface area contributed by atoms with Gasteiger partial charge in [-0.25, -0.2) is 15.0 Å². The Morgan fingerprint density at radius 2 is 2.05 bits per heavy atom. The number of anilines is 2. The topological polar surface area (TPSA) is 79.8 Å². The lowest BCUT2D eigenvalue weighted by Crippen LogP contribution is -2.18. The van der Waals surface area contributed by atoms with Crippen LogP contribution in [0.5, 0.6) is 0 Å². The molecular formula is C14H17N5O. The number of carbonyl (C=O) groups excluding carboxylic acids is 1. The molecule has 0 bridgehead atoms. The Kier molecular flexibility index (Phi) is 4.24. The third-order valence-corrected chi connectivity index (χ3v) is 2.71. The van der Waals surface area contributed by atoms with Crippen LogP contribution in [0.2, 0.25) is 0 Å². The zero-order valence-corrected chi connectivity index (χ0v) is 11.7. The third-order valence-electron chi connectivity index (χ3n) is 2.71. The van der Waals surface area contributed by atoms with Crippen LogP contribution in [0, 0.1) is 0 Å². The molecule has 2 aromatic heterocycles. The molecule has 0 saturated carbocycles. The van der Waals surface area contributed by atoms with Gasteiger partial charge < -0.3 is 10.6 Å². The number of nitrogens with zero attached hydrogens (tertiary/aromatic N) is 3. The molecule has 6 nitrogen and oxygen atoms in total. The molecule has 104 valence electrons. The van der Waals surface area contributed by atoms with Gasteiger partial charge in [0.05, 0.1) is 11.9 Å². The fourth-order valence-corrected chi connectivity index (χ4v) is 1.64. The van der Waals surface area contributed by atoms with E-state index in [1.807, 2.05) is 13.8 Å². The van der Waals surface area contributed by atoms with Gasteiger partial charge >= 0.3 is 0 Å². The van der Waals surface area contributed by atoms with Gasteiger partial charge in [-0.2, -0.15) is 0 Å². The lowest BCUT2D eigenvalue weighted by molar-refractivity contribution is 0.102. The molecule has 0 unspecified atom stereocenters. The van der Waals surface area contributed by atoms with Gasteiger partial charge in [0, 0.05) is 19.2 Å². The first-order valence-electron chi connectivity index (χ1n) is 6.39. The molecule has 2 aromatic rings. The Hall–Kier alpha value is -2.50. The number of nitrogens with one attached hydrogen (secondary N) is 2. The van der Waals surface area contributed by atoms with Crippen molar-refractivity contribution in [2.24, 2.45) is 0 Å². The summed E-state index contributed by atoms with van der Waals surface area (Å²) in [5, 5.41) is 5.64. The highest BCUT2D eigenvalue weighted by atomic mass is 16.2. The maximum atomic E-state index is 12.3. The van der Waals surface area contributed by atoms with Crippen molar-refractivity contribution < 1.29 is 4.79 Å². The summed E-state index contributed by atoms with van der Waals surface area (Å²) >= 11 is 0. The zero-order valence-electron chi connectivity index (χ0n) is 11.7. The summed E-state index contributed by atoms with van der Waals surface area (Å²) in [6.07, 6.45) is 3.24. The van der Waals surface area contributed by atoms with Crippen molar-refractivity contribution in [2.45, 2.75) is 19.8 Å². The van der Waals surface area contributed by atoms with Crippen LogP contribution in [0.4, 0.5) is 11.5 Å². The van der Waals surface area contributed by atoms with Gasteiger partial charge in [0.15, 0.2) is 5.69 Å². The van der Waals surface area contributed by atoms with Crippen LogP contribution in [-0.4, -0.2) is 27.9 Å². The molecule has 2 N–H and O–H groups in total. The second kappa shape index (κ2) is 6.10. The summed E-state index contributed by atoms with van der Waals surface area (Å²) in [4.78, 5) is 24.9. The molecule has 0 aromatic carbocycles. The standard InChI is InChI=1S/C14H17N5O/c1-9(2)13-17-8-10(15-3)12(19-13)14(20)18-11-6-4-5-7-16-11/h4-9,15H,1-3H3,(H,16,18,20). The smallest absolute Gasteiger partial charge is 0.277 e. The molecule has 0 aliphatic carbocycles. The highest BCUT2D eigenvalue weighted by Crippen LogP contribution is 2.17. The van der Waals surface area contributed by atoms with Gasteiger partial charge in [-0.05, 0) is 12.1 Å². The highest BCUT2D eigenvalue weighted by molar-refractivity contribution is 6.05. The molecule has 0 spiro atoms. The van der Waals surface area contributed by atoms with E-state index < -0.39 is 0 Å². The first-order chi connectivity index (χ1) is 9.61. The Labute approximate surface area is 117 Å². The fraction of sp³-hybridized carbons (Fsp3) is 0.286. The van der Waals surface area contributed by atoms with Crippen LogP contribution in [0.15, 0.2) is 30.6 Å². The number of hydrogen-bond donors (Lipinski definition) is 2. The Balaban J connectivity index is 2.30. The molecular weight excluding hydrogens is 254 g/mol. The van der Waals surface area contributed by atoms with Crippen LogP contribution in [-0.2, 0) is 0 Å². The lowest BCUT2D eigenvalue weighted by Gasteiger charge is -2.11. The fourth-order valence-electron chi connectivity index (χ4n) is 1.64. The summed E-state index contributed by atoms with van der Waals surface area (Å²) in [5.74, 6) is 0.971. The first-order valence-corrected chi connectivity index (χ1v) is 6.39. The molecule has 2 rings (SSSR count). The summed E-state index contributed by atoms with van der Waals surface area (Å²) < 4.78 is 0. The zero-order chi connectivity index (χ0) is 14.5. The summed E-state index contributed by atoms with van der Waals surface area (Å²) in [6, 6.07) is 5.32. The number of carbonyl (C=O) groups is 1. The minimum absolute atomic E-state index is 0.155. The van der Waals surface area contributed by atoms with E-state index in [4.69, 9.17) is 0 Å². The monoisotopic (exact) mass is 271 g/mol. The molecule has 20 heavy (non-hydrogen) atoms. The maximum absolute atomic E-state index is 12.3. The predicted molar refractivity (Wildman–Crippen MR) is 77.9 cm³/mol. The van der Waals surface area contributed by atoms with Crippen molar-refractivity contribution in [3.05, 3.63) is 42.1 Å². The largest absolute Gasteiger partial charge is 0.385 e. The molecule has 0 saturated heterocycles. The number of pyridine rings is 1. The minimum atomic E-state index is -0.308. The molecule has 0 aliphatic heterocycles. The number of hydrogen-bond acceptors (Lipinski definition) is 5. The molecule has 1 amide bonds. The molecule has 0 fully saturated rings. The summed E-state index contributed by atoms with van der Waals surface area (Å²) in [7, 11) is 1.73. The van der Waals surface area contributed by atoms with Gasteiger partial charge in [0.2, 0.25) is 0 Å². The van der Waals surface area contributed by atoms with E-state index in [2.05, 4.69) is 25.6 Å². The third kappa shape index (κ3) is 3.09. The van der Waals surface area contributed by atoms with Crippen molar-refractivity contribution in [1.82, 2.24) is 15.0 Å². The van der Waals surface area contributed by atoms with Crippen LogP contribution in [0.3, 0.4) is 0 Å². The van der Waals surface area contributed by atoms with Crippen molar-refractivity contribution >= 4 is 17.4 Å². The van der Waals surface area contributed by atoms with Crippen LogP contribution in [0.1, 0.15) is 36.1 Å². The van der Waals surface area contributed by atoms with E-state index in [1.165, 1.54) is 0 Å². The Morgan fingerprint density at radius 1 is 1.25 bits per heavy atom. The van der Waals surface area contributed by atoms with Gasteiger partial charge in [0.1, 0.15) is 11.6 Å². The molecule has 0 atom stereocenters. The van der Waals surface area contributed by atoms with Crippen LogP contribution < -0.4 is 10.6 Å². The van der Waals surface area contributed by atoms with Gasteiger partial charge in [-0.15, -0.1) is 0 Å². The number of amides is 1. The highest BCUT2D eigenvalue weighted by Gasteiger charge is 2.16. The number of aromatic nitrogens is 3. The average molecular weight is 271 g/mol. The molecule has 6 heteroatoms. The number of rotatable bonds is 4. The molecule has 0 aliphatic rings. The lowest BCUT2D eigenvalue weighted by atomic mass is 10.2. The van der Waals surface area contributed by atoms with Gasteiger partial charge in [-0.3, -0.25) is 4.79 Å². The van der Waals surface area contributed by atoms with Crippen LogP contribution in [0.25, 0.3) is 0 Å². The SMILES string of the molecule is CNc1cnc(C(C)C)nc1C(=O)Nc1ccccn1. The maximum Gasteiger partial charge on any atom is 0.277 e. The minimum Gasteiger partial charge on any atom is -0.385 e. The second-order valence-electron chi connectivity index (χ2n) is 4.56. The second-order valence-corrected chi connectivity index (χ2v) is 4.56. The van der Waals surface area contributed by atoms with Crippen LogP contribution >= 0.6 is 0 Å². The Morgan fingerprint density at radius 3 is 2.65 bits per heavy atom. The van der Waals surface area contributed by atoms with Crippen molar-refractivity contribution in [3.63, 3.8) is 0 Å². The normalized spacial score (nSPS) is 10.4. The van der Waals surface area contributed by atoms with Crippen molar-refractivity contribution in [3.8, 4) is 0 Å². The van der Waals surface area contributed by atoms with E-state index in [0.717, 1.165) is 0 Å². The van der Waals surface area contributed by atoms with E-state index in [0.29, 0.717) is 23.0 Å². The molecule has 0 radical (unpaired) electrons. The summed E-state index contributed by atoms with van der Waals surface area (Å²) in [6.45, 7) is 3.96. The van der Waals surface area contributed by atoms with E-state index in [-0.39, 0.29) is 11.8 Å². The van der Waals surface area contributed by atoms with Gasteiger partial charge in [-0.1, -0.05) is 19.9 Å². The van der Waals surface area contributed by atoms with Crippen molar-refractivity contribution in [1.29, 1.82) is 0 Å². The summed E-state index contributed by atoms with van der Waals surface area (Å²) in [5.41, 5.74) is 0.902. The predicted octanol–water partition coefficient (Wildman–Crippen LogP) is 2.29. The van der Waals surface area contributed by atoms with E-state index >= 15 is 0 Å². The quantitative estimate of drug-likeness (QED) is 0.891. The van der Waals surface area contributed by atoms with Gasteiger partial charge in [0.25, 0.3) is 5.91 Å². The molecule has 2 heterocycles.